The summed E-state index contributed by atoms with van der Waals surface area (Å²) >= 11 is 3.54. The van der Waals surface area contributed by atoms with Crippen LogP contribution in [0.25, 0.3) is 11.3 Å². The van der Waals surface area contributed by atoms with Gasteiger partial charge in [0.05, 0.1) is 18.3 Å². The third-order valence-electron chi connectivity index (χ3n) is 4.77. The number of aliphatic hydroxyl groups is 1. The number of benzene rings is 1. The smallest absolute Gasteiger partial charge is 0.225 e. The zero-order chi connectivity index (χ0) is 21.0. The van der Waals surface area contributed by atoms with E-state index in [4.69, 9.17) is 0 Å². The first kappa shape index (κ1) is 21.2. The molecule has 3 aromatic rings. The van der Waals surface area contributed by atoms with Gasteiger partial charge in [0.2, 0.25) is 5.95 Å². The van der Waals surface area contributed by atoms with Crippen molar-refractivity contribution in [3.63, 3.8) is 0 Å². The van der Waals surface area contributed by atoms with Gasteiger partial charge in [0.25, 0.3) is 0 Å². The van der Waals surface area contributed by atoms with Gasteiger partial charge in [-0.2, -0.15) is 4.98 Å². The molecule has 2 aromatic heterocycles. The van der Waals surface area contributed by atoms with Crippen LogP contribution in [0, 0.1) is 19.8 Å². The van der Waals surface area contributed by atoms with Crippen molar-refractivity contribution in [3.05, 3.63) is 58.3 Å². The van der Waals surface area contributed by atoms with Crippen LogP contribution in [0.2, 0.25) is 0 Å². The number of rotatable bonds is 7. The predicted octanol–water partition coefficient (Wildman–Crippen LogP) is 5.09. The Bertz CT molecular complexity index is 955. The summed E-state index contributed by atoms with van der Waals surface area (Å²) in [5.41, 5.74) is 4.97. The Morgan fingerprint density at radius 1 is 1.03 bits per heavy atom. The summed E-state index contributed by atoms with van der Waals surface area (Å²) < 4.78 is 1.04. The highest BCUT2D eigenvalue weighted by Gasteiger charge is 2.16. The minimum atomic E-state index is -0.133. The van der Waals surface area contributed by atoms with Gasteiger partial charge in [0.1, 0.15) is 5.82 Å². The van der Waals surface area contributed by atoms with E-state index in [-0.39, 0.29) is 18.6 Å². The lowest BCUT2D eigenvalue weighted by molar-refractivity contribution is 0.248. The Labute approximate surface area is 180 Å². The Morgan fingerprint density at radius 2 is 1.69 bits per heavy atom. The van der Waals surface area contributed by atoms with Gasteiger partial charge in [-0.3, -0.25) is 4.98 Å². The Hall–Kier alpha value is -2.51. The van der Waals surface area contributed by atoms with Crippen molar-refractivity contribution in [3.8, 4) is 11.3 Å². The van der Waals surface area contributed by atoms with Gasteiger partial charge < -0.3 is 15.7 Å². The molecule has 1 aromatic carbocycles. The molecule has 3 N–H and O–H groups in total. The SMILES string of the molecule is Cc1cc(Br)cc(C)c1Nc1cc(-c2ccncc2)nc(N[C@@H](CO)C(C)C)n1. The highest BCUT2D eigenvalue weighted by Crippen LogP contribution is 2.29. The monoisotopic (exact) mass is 455 g/mol. The number of nitrogens with one attached hydrogen (secondary N) is 2. The fourth-order valence-electron chi connectivity index (χ4n) is 3.07. The van der Waals surface area contributed by atoms with E-state index in [1.165, 1.54) is 0 Å². The van der Waals surface area contributed by atoms with Crippen molar-refractivity contribution in [2.45, 2.75) is 33.7 Å². The van der Waals surface area contributed by atoms with Gasteiger partial charge in [-0.1, -0.05) is 29.8 Å². The molecular formula is C22H26BrN5O. The quantitative estimate of drug-likeness (QED) is 0.460. The molecule has 7 heteroatoms. The maximum Gasteiger partial charge on any atom is 0.225 e. The highest BCUT2D eigenvalue weighted by atomic mass is 79.9. The molecule has 0 unspecified atom stereocenters. The lowest BCUT2D eigenvalue weighted by atomic mass is 10.1. The zero-order valence-electron chi connectivity index (χ0n) is 17.1. The van der Waals surface area contributed by atoms with Crippen LogP contribution in [0.3, 0.4) is 0 Å². The topological polar surface area (TPSA) is 83.0 Å². The van der Waals surface area contributed by atoms with Gasteiger partial charge in [-0.25, -0.2) is 4.98 Å². The van der Waals surface area contributed by atoms with E-state index in [1.807, 2.05) is 32.0 Å². The van der Waals surface area contributed by atoms with Crippen molar-refractivity contribution in [1.82, 2.24) is 15.0 Å². The standard InChI is InChI=1S/C22H26BrN5O/c1-13(2)19(12-29)26-22-25-18(16-5-7-24-8-6-16)11-20(28-22)27-21-14(3)9-17(23)10-15(21)4/h5-11,13,19,29H,12H2,1-4H3,(H2,25,26,27,28)/t19-/m0/s1. The number of halogens is 1. The molecule has 0 aliphatic heterocycles. The molecule has 6 nitrogen and oxygen atoms in total. The molecule has 0 radical (unpaired) electrons. The molecular weight excluding hydrogens is 430 g/mol. The second-order valence-electron chi connectivity index (χ2n) is 7.41. The summed E-state index contributed by atoms with van der Waals surface area (Å²) in [4.78, 5) is 13.4. The van der Waals surface area contributed by atoms with Crippen LogP contribution >= 0.6 is 15.9 Å². The van der Waals surface area contributed by atoms with Crippen molar-refractivity contribution >= 4 is 33.4 Å². The molecule has 29 heavy (non-hydrogen) atoms. The lowest BCUT2D eigenvalue weighted by Crippen LogP contribution is -2.30. The largest absolute Gasteiger partial charge is 0.394 e. The number of hydrogen-bond donors (Lipinski definition) is 3. The molecule has 0 spiro atoms. The number of pyridine rings is 1. The third kappa shape index (κ3) is 5.31. The molecule has 0 bridgehead atoms. The number of nitrogens with zero attached hydrogens (tertiary/aromatic N) is 3. The first-order chi connectivity index (χ1) is 13.9. The molecule has 0 aliphatic carbocycles. The molecule has 0 saturated carbocycles. The van der Waals surface area contributed by atoms with E-state index in [0.717, 1.165) is 32.5 Å². The molecule has 2 heterocycles. The first-order valence-corrected chi connectivity index (χ1v) is 10.4. The number of aliphatic hydroxyl groups excluding tert-OH is 1. The van der Waals surface area contributed by atoms with Crippen molar-refractivity contribution < 1.29 is 5.11 Å². The third-order valence-corrected chi connectivity index (χ3v) is 5.23. The van der Waals surface area contributed by atoms with E-state index in [9.17, 15) is 5.11 Å². The number of aryl methyl sites for hydroxylation is 2. The van der Waals surface area contributed by atoms with Gasteiger partial charge in [-0.15, -0.1) is 0 Å². The average molecular weight is 456 g/mol. The summed E-state index contributed by atoms with van der Waals surface area (Å²) in [6, 6.07) is 9.76. The van der Waals surface area contributed by atoms with Crippen LogP contribution in [0.5, 0.6) is 0 Å². The minimum Gasteiger partial charge on any atom is -0.394 e. The van der Waals surface area contributed by atoms with Crippen LogP contribution < -0.4 is 10.6 Å². The average Bonchev–Trinajstić information content (AvgIpc) is 2.69. The Balaban J connectivity index is 2.03. The van der Waals surface area contributed by atoms with Crippen LogP contribution in [0.1, 0.15) is 25.0 Å². The van der Waals surface area contributed by atoms with Crippen molar-refractivity contribution in [2.75, 3.05) is 17.2 Å². The van der Waals surface area contributed by atoms with Gasteiger partial charge in [-0.05, 0) is 55.2 Å². The fourth-order valence-corrected chi connectivity index (χ4v) is 3.76. The predicted molar refractivity (Wildman–Crippen MR) is 121 cm³/mol. The van der Waals surface area contributed by atoms with Crippen molar-refractivity contribution in [1.29, 1.82) is 0 Å². The molecule has 152 valence electrons. The van der Waals surface area contributed by atoms with Crippen LogP contribution in [0.4, 0.5) is 17.5 Å². The van der Waals surface area contributed by atoms with Gasteiger partial charge >= 0.3 is 0 Å². The van der Waals surface area contributed by atoms with E-state index in [2.05, 4.69) is 67.5 Å². The second-order valence-corrected chi connectivity index (χ2v) is 8.33. The normalized spacial score (nSPS) is 12.1. The van der Waals surface area contributed by atoms with Crippen LogP contribution in [0.15, 0.2) is 47.2 Å². The van der Waals surface area contributed by atoms with Crippen molar-refractivity contribution in [2.24, 2.45) is 5.92 Å². The molecule has 3 rings (SSSR count). The van der Waals surface area contributed by atoms with E-state index in [1.54, 1.807) is 12.4 Å². The van der Waals surface area contributed by atoms with E-state index in [0.29, 0.717) is 11.8 Å². The van der Waals surface area contributed by atoms with E-state index < -0.39 is 0 Å². The molecule has 0 amide bonds. The summed E-state index contributed by atoms with van der Waals surface area (Å²) in [6.07, 6.45) is 3.48. The molecule has 0 saturated heterocycles. The number of anilines is 3. The lowest BCUT2D eigenvalue weighted by Gasteiger charge is -2.21. The van der Waals surface area contributed by atoms with Crippen LogP contribution in [-0.4, -0.2) is 32.7 Å². The maximum atomic E-state index is 9.70. The maximum absolute atomic E-state index is 9.70. The van der Waals surface area contributed by atoms with Crippen LogP contribution in [-0.2, 0) is 0 Å². The molecule has 0 fully saturated rings. The Kier molecular flexibility index (Phi) is 6.82. The molecule has 0 aliphatic rings. The van der Waals surface area contributed by atoms with Gasteiger partial charge in [0, 0.05) is 34.2 Å². The summed E-state index contributed by atoms with van der Waals surface area (Å²) in [6.45, 7) is 8.23. The van der Waals surface area contributed by atoms with E-state index >= 15 is 0 Å². The zero-order valence-corrected chi connectivity index (χ0v) is 18.7. The number of aromatic nitrogens is 3. The fraction of sp³-hybridized carbons (Fsp3) is 0.318. The highest BCUT2D eigenvalue weighted by molar-refractivity contribution is 9.10. The summed E-state index contributed by atoms with van der Waals surface area (Å²) in [7, 11) is 0. The molecule has 1 atom stereocenters. The Morgan fingerprint density at radius 3 is 2.28 bits per heavy atom. The minimum absolute atomic E-state index is 0.00814. The second kappa shape index (κ2) is 9.33. The summed E-state index contributed by atoms with van der Waals surface area (Å²) in [5, 5.41) is 16.4. The summed E-state index contributed by atoms with van der Waals surface area (Å²) in [5.74, 6) is 1.39. The van der Waals surface area contributed by atoms with Gasteiger partial charge in [0.15, 0.2) is 0 Å². The first-order valence-electron chi connectivity index (χ1n) is 9.58. The number of hydrogen-bond acceptors (Lipinski definition) is 6.